The molecule has 0 aliphatic heterocycles. The number of ether oxygens (including phenoxy) is 1. The molecule has 0 bridgehead atoms. The van der Waals surface area contributed by atoms with Gasteiger partial charge in [0.2, 0.25) is 0 Å². The molecule has 0 aromatic heterocycles. The minimum atomic E-state index is 0.517. The molecule has 2 N–H and O–H groups in total. The summed E-state index contributed by atoms with van der Waals surface area (Å²) in [4.78, 5) is 0. The van der Waals surface area contributed by atoms with E-state index in [-0.39, 0.29) is 0 Å². The maximum atomic E-state index is 6.12. The summed E-state index contributed by atoms with van der Waals surface area (Å²) in [5.74, 6) is 2.26. The standard InChI is InChI=1S/C18H29NO/c1-3-20-16-10-11-17(14(2)12-16)18(13-19)15-8-6-4-5-7-9-15/h10-12,15,18H,3-9,13,19H2,1-2H3. The topological polar surface area (TPSA) is 35.2 Å². The fourth-order valence-corrected chi connectivity index (χ4v) is 3.61. The van der Waals surface area contributed by atoms with Crippen molar-refractivity contribution < 1.29 is 4.74 Å². The van der Waals surface area contributed by atoms with Crippen LogP contribution < -0.4 is 10.5 Å². The Kier molecular flexibility index (Phi) is 5.90. The molecule has 0 radical (unpaired) electrons. The lowest BCUT2D eigenvalue weighted by molar-refractivity contribution is 0.339. The van der Waals surface area contributed by atoms with E-state index in [1.165, 1.54) is 49.7 Å². The fraction of sp³-hybridized carbons (Fsp3) is 0.667. The highest BCUT2D eigenvalue weighted by molar-refractivity contribution is 5.37. The third kappa shape index (κ3) is 3.76. The Balaban J connectivity index is 2.17. The summed E-state index contributed by atoms with van der Waals surface area (Å²) in [5.41, 5.74) is 8.88. The van der Waals surface area contributed by atoms with Crippen molar-refractivity contribution in [2.75, 3.05) is 13.2 Å². The zero-order chi connectivity index (χ0) is 14.4. The van der Waals surface area contributed by atoms with E-state index < -0.39 is 0 Å². The molecule has 1 fully saturated rings. The molecule has 2 rings (SSSR count). The van der Waals surface area contributed by atoms with Gasteiger partial charge in [-0.3, -0.25) is 0 Å². The summed E-state index contributed by atoms with van der Waals surface area (Å²) in [6.07, 6.45) is 8.23. The van der Waals surface area contributed by atoms with Crippen molar-refractivity contribution in [3.8, 4) is 5.75 Å². The maximum Gasteiger partial charge on any atom is 0.119 e. The molecule has 2 nitrogen and oxygen atoms in total. The summed E-state index contributed by atoms with van der Waals surface area (Å²) >= 11 is 0. The number of hydrogen-bond acceptors (Lipinski definition) is 2. The second-order valence-electron chi connectivity index (χ2n) is 6.05. The van der Waals surface area contributed by atoms with E-state index >= 15 is 0 Å². The Labute approximate surface area is 123 Å². The van der Waals surface area contributed by atoms with Gasteiger partial charge >= 0.3 is 0 Å². The summed E-state index contributed by atoms with van der Waals surface area (Å²) < 4.78 is 5.59. The van der Waals surface area contributed by atoms with Crippen LogP contribution in [0.2, 0.25) is 0 Å². The van der Waals surface area contributed by atoms with E-state index in [1.54, 1.807) is 0 Å². The highest BCUT2D eigenvalue weighted by Crippen LogP contribution is 2.36. The minimum Gasteiger partial charge on any atom is -0.494 e. The van der Waals surface area contributed by atoms with Gasteiger partial charge in [0.05, 0.1) is 6.61 Å². The molecule has 0 heterocycles. The first-order chi connectivity index (χ1) is 9.76. The highest BCUT2D eigenvalue weighted by atomic mass is 16.5. The van der Waals surface area contributed by atoms with Crippen LogP contribution in [0.3, 0.4) is 0 Å². The number of nitrogens with two attached hydrogens (primary N) is 1. The first kappa shape index (κ1) is 15.4. The van der Waals surface area contributed by atoms with Crippen LogP contribution in [0.25, 0.3) is 0 Å². The molecule has 0 amide bonds. The third-order valence-electron chi connectivity index (χ3n) is 4.67. The lowest BCUT2D eigenvalue weighted by Gasteiger charge is -2.27. The molecule has 1 saturated carbocycles. The molecule has 1 atom stereocenters. The van der Waals surface area contributed by atoms with Crippen molar-refractivity contribution in [2.24, 2.45) is 11.7 Å². The van der Waals surface area contributed by atoms with Gasteiger partial charge in [0.25, 0.3) is 0 Å². The second-order valence-corrected chi connectivity index (χ2v) is 6.05. The van der Waals surface area contributed by atoms with E-state index in [0.29, 0.717) is 5.92 Å². The molecule has 20 heavy (non-hydrogen) atoms. The van der Waals surface area contributed by atoms with Crippen LogP contribution in [0.1, 0.15) is 62.5 Å². The van der Waals surface area contributed by atoms with Gasteiger partial charge < -0.3 is 10.5 Å². The second kappa shape index (κ2) is 7.68. The molecule has 0 saturated heterocycles. The highest BCUT2D eigenvalue weighted by Gasteiger charge is 2.24. The zero-order valence-electron chi connectivity index (χ0n) is 13.0. The van der Waals surface area contributed by atoms with E-state index in [2.05, 4.69) is 25.1 Å². The van der Waals surface area contributed by atoms with Gasteiger partial charge in [0.15, 0.2) is 0 Å². The molecule has 1 unspecified atom stereocenters. The average molecular weight is 275 g/mol. The summed E-state index contributed by atoms with van der Waals surface area (Å²) in [6, 6.07) is 6.51. The van der Waals surface area contributed by atoms with Crippen LogP contribution in [0.4, 0.5) is 0 Å². The van der Waals surface area contributed by atoms with Crippen molar-refractivity contribution >= 4 is 0 Å². The molecule has 112 valence electrons. The van der Waals surface area contributed by atoms with Gasteiger partial charge in [-0.15, -0.1) is 0 Å². The predicted molar refractivity (Wildman–Crippen MR) is 85.3 cm³/mol. The largest absolute Gasteiger partial charge is 0.494 e. The van der Waals surface area contributed by atoms with Gasteiger partial charge in [-0.25, -0.2) is 0 Å². The van der Waals surface area contributed by atoms with E-state index in [9.17, 15) is 0 Å². The Morgan fingerprint density at radius 2 is 1.90 bits per heavy atom. The van der Waals surface area contributed by atoms with Crippen LogP contribution in [0.15, 0.2) is 18.2 Å². The monoisotopic (exact) mass is 275 g/mol. The molecular formula is C18H29NO. The molecule has 1 aliphatic rings. The molecule has 0 spiro atoms. The normalized spacial score (nSPS) is 18.6. The molecule has 1 aromatic carbocycles. The van der Waals surface area contributed by atoms with Gasteiger partial charge in [-0.1, -0.05) is 31.7 Å². The van der Waals surface area contributed by atoms with E-state index in [0.717, 1.165) is 24.8 Å². The van der Waals surface area contributed by atoms with Crippen molar-refractivity contribution in [1.29, 1.82) is 0 Å². The summed E-state index contributed by atoms with van der Waals surface area (Å²) in [5, 5.41) is 0. The molecule has 1 aliphatic carbocycles. The van der Waals surface area contributed by atoms with Gasteiger partial charge in [-0.05, 0) is 68.3 Å². The van der Waals surface area contributed by atoms with Gasteiger partial charge in [-0.2, -0.15) is 0 Å². The first-order valence-corrected chi connectivity index (χ1v) is 8.19. The summed E-state index contributed by atoms with van der Waals surface area (Å²) in [6.45, 7) is 5.70. The average Bonchev–Trinajstić information content (AvgIpc) is 2.71. The lowest BCUT2D eigenvalue weighted by atomic mass is 9.80. The quantitative estimate of drug-likeness (QED) is 0.808. The van der Waals surface area contributed by atoms with Crippen LogP contribution >= 0.6 is 0 Å². The smallest absolute Gasteiger partial charge is 0.119 e. The number of aryl methyl sites for hydroxylation is 1. The van der Waals surface area contributed by atoms with Crippen LogP contribution in [0.5, 0.6) is 5.75 Å². The Morgan fingerprint density at radius 1 is 1.20 bits per heavy atom. The van der Waals surface area contributed by atoms with Crippen LogP contribution in [-0.4, -0.2) is 13.2 Å². The maximum absolute atomic E-state index is 6.12. The van der Waals surface area contributed by atoms with Crippen molar-refractivity contribution in [2.45, 2.75) is 58.3 Å². The van der Waals surface area contributed by atoms with Gasteiger partial charge in [0, 0.05) is 0 Å². The van der Waals surface area contributed by atoms with Crippen LogP contribution in [0, 0.1) is 12.8 Å². The van der Waals surface area contributed by atoms with Crippen molar-refractivity contribution in [3.63, 3.8) is 0 Å². The predicted octanol–water partition coefficient (Wildman–Crippen LogP) is 4.41. The fourth-order valence-electron chi connectivity index (χ4n) is 3.61. The van der Waals surface area contributed by atoms with Gasteiger partial charge in [0.1, 0.15) is 5.75 Å². The Hall–Kier alpha value is -1.02. The number of rotatable bonds is 5. The lowest BCUT2D eigenvalue weighted by Crippen LogP contribution is -2.22. The van der Waals surface area contributed by atoms with E-state index in [1.807, 2.05) is 6.92 Å². The number of benzene rings is 1. The molecule has 1 aromatic rings. The van der Waals surface area contributed by atoms with Crippen LogP contribution in [-0.2, 0) is 0 Å². The Bertz CT molecular complexity index is 408. The number of hydrogen-bond donors (Lipinski definition) is 1. The van der Waals surface area contributed by atoms with E-state index in [4.69, 9.17) is 10.5 Å². The zero-order valence-corrected chi connectivity index (χ0v) is 13.0. The van der Waals surface area contributed by atoms with Crippen molar-refractivity contribution in [1.82, 2.24) is 0 Å². The first-order valence-electron chi connectivity index (χ1n) is 8.19. The molecule has 2 heteroatoms. The minimum absolute atomic E-state index is 0.517. The van der Waals surface area contributed by atoms with Crippen molar-refractivity contribution in [3.05, 3.63) is 29.3 Å². The summed E-state index contributed by atoms with van der Waals surface area (Å²) in [7, 11) is 0. The Morgan fingerprint density at radius 3 is 2.45 bits per heavy atom. The molecular weight excluding hydrogens is 246 g/mol. The SMILES string of the molecule is CCOc1ccc(C(CN)C2CCCCCC2)c(C)c1. The third-order valence-corrected chi connectivity index (χ3v) is 4.67.